The number of hydrogen-bond acceptors (Lipinski definition) is 8. The van der Waals surface area contributed by atoms with Gasteiger partial charge >= 0.3 is 0 Å². The fourth-order valence-electron chi connectivity index (χ4n) is 2.55. The average molecular weight is 367 g/mol. The van der Waals surface area contributed by atoms with Crippen LogP contribution in [0.15, 0.2) is 41.2 Å². The van der Waals surface area contributed by atoms with Gasteiger partial charge in [-0.25, -0.2) is 4.99 Å². The minimum atomic E-state index is 0.420. The summed E-state index contributed by atoms with van der Waals surface area (Å²) < 4.78 is 11.3. The molecule has 1 aromatic carbocycles. The van der Waals surface area contributed by atoms with Crippen LogP contribution >= 0.6 is 0 Å². The number of methoxy groups -OCH3 is 1. The highest BCUT2D eigenvalue weighted by Crippen LogP contribution is 2.38. The number of anilines is 1. The predicted octanol–water partition coefficient (Wildman–Crippen LogP) is 1.59. The number of nitrogens with one attached hydrogen (secondary N) is 3. The molecule has 5 N–H and O–H groups in total. The zero-order valence-corrected chi connectivity index (χ0v) is 15.0. The fraction of sp³-hybridized carbons (Fsp3) is 0.278. The number of nitrogens with zero attached hydrogens (tertiary/aromatic N) is 3. The Morgan fingerprint density at radius 2 is 2.22 bits per heavy atom. The molecule has 0 bridgehead atoms. The fourth-order valence-corrected chi connectivity index (χ4v) is 2.55. The highest BCUT2D eigenvalue weighted by molar-refractivity contribution is 5.97. The van der Waals surface area contributed by atoms with E-state index in [1.807, 2.05) is 30.3 Å². The number of aromatic nitrogens is 2. The van der Waals surface area contributed by atoms with E-state index in [1.165, 1.54) is 6.20 Å². The molecule has 0 saturated carbocycles. The van der Waals surface area contributed by atoms with Crippen LogP contribution in [-0.4, -0.2) is 42.8 Å². The van der Waals surface area contributed by atoms with Gasteiger partial charge in [0, 0.05) is 6.07 Å². The molecule has 27 heavy (non-hydrogen) atoms. The van der Waals surface area contributed by atoms with Crippen molar-refractivity contribution in [3.63, 3.8) is 0 Å². The largest absolute Gasteiger partial charge is 0.496 e. The number of H-pyrrole nitrogens is 1. The van der Waals surface area contributed by atoms with E-state index in [2.05, 4.69) is 25.8 Å². The quantitative estimate of drug-likeness (QED) is 0.546. The van der Waals surface area contributed by atoms with Gasteiger partial charge in [0.2, 0.25) is 0 Å². The third kappa shape index (κ3) is 4.37. The monoisotopic (exact) mass is 367 g/mol. The number of nitriles is 1. The normalized spacial score (nSPS) is 13.1. The molecule has 0 amide bonds. The van der Waals surface area contributed by atoms with Crippen LogP contribution in [0.4, 0.5) is 5.82 Å². The Kier molecular flexibility index (Phi) is 5.91. The lowest BCUT2D eigenvalue weighted by Crippen LogP contribution is -2.30. The molecule has 9 heteroatoms. The molecule has 0 radical (unpaired) electrons. The molecule has 2 heterocycles. The van der Waals surface area contributed by atoms with Crippen molar-refractivity contribution < 1.29 is 9.47 Å². The second-order valence-electron chi connectivity index (χ2n) is 5.70. The van der Waals surface area contributed by atoms with Gasteiger partial charge < -0.3 is 25.8 Å². The van der Waals surface area contributed by atoms with Crippen LogP contribution < -0.4 is 25.8 Å². The van der Waals surface area contributed by atoms with E-state index in [-0.39, 0.29) is 0 Å². The van der Waals surface area contributed by atoms with E-state index in [0.29, 0.717) is 48.5 Å². The second kappa shape index (κ2) is 8.73. The summed E-state index contributed by atoms with van der Waals surface area (Å²) in [6.45, 7) is 1.51. The number of benzene rings is 1. The number of hydrogen-bond donors (Lipinski definition) is 4. The van der Waals surface area contributed by atoms with E-state index in [1.54, 1.807) is 7.11 Å². The number of aliphatic imine (C=N–C) groups is 1. The highest BCUT2D eigenvalue weighted by Gasteiger charge is 2.16. The molecule has 0 saturated heterocycles. The van der Waals surface area contributed by atoms with Crippen LogP contribution in [0.3, 0.4) is 0 Å². The maximum absolute atomic E-state index is 8.83. The van der Waals surface area contributed by atoms with Crippen molar-refractivity contribution >= 4 is 11.7 Å². The second-order valence-corrected chi connectivity index (χ2v) is 5.70. The Morgan fingerprint density at radius 3 is 2.93 bits per heavy atom. The molecular formula is C18H21N7O2. The molecule has 1 aliphatic rings. The lowest BCUT2D eigenvalue weighted by molar-refractivity contribution is 0.312. The lowest BCUT2D eigenvalue weighted by atomic mass is 10.1. The highest BCUT2D eigenvalue weighted by atomic mass is 16.5. The molecule has 1 aromatic heterocycles. The maximum atomic E-state index is 8.83. The molecule has 0 aliphatic carbocycles. The number of ether oxygens (including phenoxy) is 2. The van der Waals surface area contributed by atoms with Gasteiger partial charge in [-0.05, 0) is 25.1 Å². The minimum absolute atomic E-state index is 0.420. The van der Waals surface area contributed by atoms with Gasteiger partial charge in [-0.2, -0.15) is 10.4 Å². The summed E-state index contributed by atoms with van der Waals surface area (Å²) in [6, 6.07) is 9.47. The minimum Gasteiger partial charge on any atom is -0.496 e. The standard InChI is InChI=1S/C18H21N7O2/c1-26-14-4-2-5-15(27-7-3-6-19)18(14)13-8-16(25-24-13)23-17-11-21-12(9-20)10-22-17/h2,4-5,8,10,21H,3,6-7,11,19H2,1H3,(H2,22,23,24,25). The lowest BCUT2D eigenvalue weighted by Gasteiger charge is -2.13. The van der Waals surface area contributed by atoms with Crippen molar-refractivity contribution in [1.29, 1.82) is 5.26 Å². The number of amidine groups is 1. The number of rotatable bonds is 7. The van der Waals surface area contributed by atoms with Crippen molar-refractivity contribution in [2.75, 3.05) is 32.1 Å². The van der Waals surface area contributed by atoms with E-state index in [4.69, 9.17) is 20.5 Å². The molecular weight excluding hydrogens is 346 g/mol. The Balaban J connectivity index is 1.82. The summed E-state index contributed by atoms with van der Waals surface area (Å²) in [5.74, 6) is 2.62. The van der Waals surface area contributed by atoms with Gasteiger partial charge in [-0.3, -0.25) is 5.10 Å². The first-order chi connectivity index (χ1) is 13.2. The molecule has 0 fully saturated rings. The van der Waals surface area contributed by atoms with Crippen molar-refractivity contribution in [3.05, 3.63) is 36.2 Å². The zero-order valence-electron chi connectivity index (χ0n) is 15.0. The third-order valence-electron chi connectivity index (χ3n) is 3.85. The van der Waals surface area contributed by atoms with E-state index < -0.39 is 0 Å². The van der Waals surface area contributed by atoms with Crippen LogP contribution in [0.25, 0.3) is 11.3 Å². The zero-order chi connectivity index (χ0) is 19.1. The number of nitrogens with two attached hydrogens (primary N) is 1. The summed E-state index contributed by atoms with van der Waals surface area (Å²) in [4.78, 5) is 4.20. The molecule has 2 aromatic rings. The van der Waals surface area contributed by atoms with E-state index >= 15 is 0 Å². The first kappa shape index (κ1) is 18.3. The molecule has 3 rings (SSSR count). The van der Waals surface area contributed by atoms with Gasteiger partial charge in [0.15, 0.2) is 5.82 Å². The number of allylic oxidation sites excluding steroid dienone is 1. The van der Waals surface area contributed by atoms with E-state index in [0.717, 1.165) is 17.7 Å². The van der Waals surface area contributed by atoms with Gasteiger partial charge in [0.05, 0.1) is 37.7 Å². The number of aromatic amines is 1. The van der Waals surface area contributed by atoms with Crippen LogP contribution in [0.2, 0.25) is 0 Å². The molecule has 0 spiro atoms. The van der Waals surface area contributed by atoms with Crippen molar-refractivity contribution in [3.8, 4) is 28.8 Å². The molecule has 140 valence electrons. The van der Waals surface area contributed by atoms with Gasteiger partial charge in [-0.1, -0.05) is 6.07 Å². The Morgan fingerprint density at radius 1 is 1.37 bits per heavy atom. The molecule has 0 atom stereocenters. The van der Waals surface area contributed by atoms with Gasteiger partial charge in [0.25, 0.3) is 0 Å². The Labute approximate surface area is 156 Å². The molecule has 1 aliphatic heterocycles. The average Bonchev–Trinajstić information content (AvgIpc) is 3.16. The molecule has 9 nitrogen and oxygen atoms in total. The van der Waals surface area contributed by atoms with Crippen molar-refractivity contribution in [2.24, 2.45) is 10.7 Å². The van der Waals surface area contributed by atoms with Gasteiger partial charge in [0.1, 0.15) is 29.1 Å². The predicted molar refractivity (Wildman–Crippen MR) is 102 cm³/mol. The molecule has 0 unspecified atom stereocenters. The van der Waals surface area contributed by atoms with E-state index in [9.17, 15) is 0 Å². The maximum Gasteiger partial charge on any atom is 0.153 e. The van der Waals surface area contributed by atoms with Crippen LogP contribution in [0.1, 0.15) is 6.42 Å². The third-order valence-corrected chi connectivity index (χ3v) is 3.85. The summed E-state index contributed by atoms with van der Waals surface area (Å²) in [5, 5.41) is 22.2. The first-order valence-corrected chi connectivity index (χ1v) is 8.48. The van der Waals surface area contributed by atoms with Crippen molar-refractivity contribution in [1.82, 2.24) is 15.5 Å². The van der Waals surface area contributed by atoms with Crippen LogP contribution in [0.5, 0.6) is 11.5 Å². The van der Waals surface area contributed by atoms with Crippen LogP contribution in [0, 0.1) is 11.3 Å². The van der Waals surface area contributed by atoms with Crippen LogP contribution in [-0.2, 0) is 0 Å². The Bertz CT molecular complexity index is 895. The Hall–Kier alpha value is -3.51. The summed E-state index contributed by atoms with van der Waals surface area (Å²) in [7, 11) is 1.61. The van der Waals surface area contributed by atoms with Gasteiger partial charge in [-0.15, -0.1) is 0 Å². The summed E-state index contributed by atoms with van der Waals surface area (Å²) >= 11 is 0. The smallest absolute Gasteiger partial charge is 0.153 e. The SMILES string of the molecule is COc1cccc(OCCCN)c1-c1cc(NC2=NC=C(C#N)NC2)n[nH]1. The summed E-state index contributed by atoms with van der Waals surface area (Å²) in [5.41, 5.74) is 7.50. The topological polar surface area (TPSA) is 133 Å². The van der Waals surface area contributed by atoms with Crippen molar-refractivity contribution in [2.45, 2.75) is 6.42 Å². The summed E-state index contributed by atoms with van der Waals surface area (Å²) in [6.07, 6.45) is 2.24. The first-order valence-electron chi connectivity index (χ1n) is 8.48.